The lowest BCUT2D eigenvalue weighted by Gasteiger charge is -2.13. The molecule has 1 fully saturated rings. The van der Waals surface area contributed by atoms with Gasteiger partial charge in [-0.15, -0.1) is 0 Å². The Balaban J connectivity index is 2.50. The van der Waals surface area contributed by atoms with E-state index in [9.17, 15) is 8.42 Å². The van der Waals surface area contributed by atoms with E-state index >= 15 is 0 Å². The lowest BCUT2D eigenvalue weighted by atomic mass is 10.3. The summed E-state index contributed by atoms with van der Waals surface area (Å²) in [5.74, 6) is 0.148. The minimum Gasteiger partial charge on any atom is -0.394 e. The highest BCUT2D eigenvalue weighted by molar-refractivity contribution is 7.89. The number of hydrogen-bond acceptors (Lipinski definition) is 3. The third-order valence-electron chi connectivity index (χ3n) is 2.00. The molecule has 0 unspecified atom stereocenters. The van der Waals surface area contributed by atoms with Crippen LogP contribution >= 0.6 is 0 Å². The molecule has 4 nitrogen and oxygen atoms in total. The Labute approximate surface area is 73.0 Å². The Morgan fingerprint density at radius 1 is 1.50 bits per heavy atom. The predicted molar refractivity (Wildman–Crippen MR) is 46.3 cm³/mol. The number of nitrogens with one attached hydrogen (secondary N) is 1. The lowest BCUT2D eigenvalue weighted by molar-refractivity contribution is 0.246. The summed E-state index contributed by atoms with van der Waals surface area (Å²) in [6.07, 6.45) is 2.12. The second kappa shape index (κ2) is 3.32. The minimum atomic E-state index is -3.15. The van der Waals surface area contributed by atoms with Crippen molar-refractivity contribution in [3.63, 3.8) is 0 Å². The second-order valence-corrected chi connectivity index (χ2v) is 5.20. The molecule has 1 aliphatic rings. The maximum absolute atomic E-state index is 11.2. The predicted octanol–water partition coefficient (Wildman–Crippen LogP) is -0.159. The molecule has 0 spiro atoms. The van der Waals surface area contributed by atoms with E-state index in [0.717, 1.165) is 12.8 Å². The first-order chi connectivity index (χ1) is 5.54. The fraction of sp³-hybridized carbons (Fsp3) is 1.00. The van der Waals surface area contributed by atoms with Crippen molar-refractivity contribution in [2.75, 3.05) is 12.4 Å². The Bertz CT molecular complexity index is 243. The molecule has 1 aliphatic carbocycles. The maximum Gasteiger partial charge on any atom is 0.212 e. The molecule has 0 bridgehead atoms. The molecule has 0 saturated heterocycles. The molecule has 12 heavy (non-hydrogen) atoms. The molecule has 0 amide bonds. The van der Waals surface area contributed by atoms with Crippen molar-refractivity contribution in [3.8, 4) is 0 Å². The minimum absolute atomic E-state index is 0.0874. The molecule has 1 rings (SSSR count). The summed E-state index contributed by atoms with van der Waals surface area (Å²) >= 11 is 0. The van der Waals surface area contributed by atoms with Crippen LogP contribution in [0, 0.1) is 0 Å². The van der Waals surface area contributed by atoms with Crippen LogP contribution in [0.5, 0.6) is 0 Å². The molecule has 5 heteroatoms. The third kappa shape index (κ3) is 2.43. The van der Waals surface area contributed by atoms with Crippen LogP contribution in [0.3, 0.4) is 0 Å². The highest BCUT2D eigenvalue weighted by atomic mass is 32.2. The van der Waals surface area contributed by atoms with Gasteiger partial charge in [0.15, 0.2) is 0 Å². The van der Waals surface area contributed by atoms with Gasteiger partial charge in [0.05, 0.1) is 17.9 Å². The van der Waals surface area contributed by atoms with Gasteiger partial charge in [0.1, 0.15) is 0 Å². The van der Waals surface area contributed by atoms with E-state index in [1.165, 1.54) is 0 Å². The van der Waals surface area contributed by atoms with Crippen LogP contribution in [0.25, 0.3) is 0 Å². The highest BCUT2D eigenvalue weighted by Gasteiger charge is 2.44. The zero-order valence-electron chi connectivity index (χ0n) is 7.21. The number of aliphatic hydroxyl groups is 1. The molecule has 0 aromatic rings. The topological polar surface area (TPSA) is 66.4 Å². The van der Waals surface area contributed by atoms with Crippen molar-refractivity contribution < 1.29 is 13.5 Å². The summed E-state index contributed by atoms with van der Waals surface area (Å²) in [4.78, 5) is 0. The monoisotopic (exact) mass is 193 g/mol. The smallest absolute Gasteiger partial charge is 0.212 e. The molecular formula is C7H15NO3S. The zero-order valence-corrected chi connectivity index (χ0v) is 8.02. The van der Waals surface area contributed by atoms with Crippen LogP contribution in [0.2, 0.25) is 0 Å². The van der Waals surface area contributed by atoms with E-state index in [-0.39, 0.29) is 12.4 Å². The van der Waals surface area contributed by atoms with E-state index in [1.54, 1.807) is 0 Å². The van der Waals surface area contributed by atoms with E-state index in [0.29, 0.717) is 6.42 Å². The maximum atomic E-state index is 11.2. The number of sulfonamides is 1. The van der Waals surface area contributed by atoms with Crippen molar-refractivity contribution in [1.82, 2.24) is 4.72 Å². The van der Waals surface area contributed by atoms with Crippen molar-refractivity contribution in [2.45, 2.75) is 31.7 Å². The Hall–Kier alpha value is -0.130. The SMILES string of the molecule is CCCS(=O)(=O)NC1(CO)CC1. The summed E-state index contributed by atoms with van der Waals surface area (Å²) in [5, 5.41) is 8.86. The van der Waals surface area contributed by atoms with Crippen molar-refractivity contribution in [3.05, 3.63) is 0 Å². The molecular weight excluding hydrogens is 178 g/mol. The largest absolute Gasteiger partial charge is 0.394 e. The van der Waals surface area contributed by atoms with Crippen LogP contribution in [-0.4, -0.2) is 31.4 Å². The Morgan fingerprint density at radius 2 is 2.08 bits per heavy atom. The molecule has 1 saturated carbocycles. The average Bonchev–Trinajstić information content (AvgIpc) is 2.68. The first kappa shape index (κ1) is 9.95. The summed E-state index contributed by atoms with van der Waals surface area (Å²) in [6.45, 7) is 1.73. The first-order valence-electron chi connectivity index (χ1n) is 4.16. The molecule has 0 atom stereocenters. The Morgan fingerprint density at radius 3 is 2.42 bits per heavy atom. The molecule has 0 heterocycles. The molecule has 0 radical (unpaired) electrons. The fourth-order valence-electron chi connectivity index (χ4n) is 1.09. The van der Waals surface area contributed by atoms with Crippen LogP contribution in [0.15, 0.2) is 0 Å². The first-order valence-corrected chi connectivity index (χ1v) is 5.81. The summed E-state index contributed by atoms with van der Waals surface area (Å²) in [6, 6.07) is 0. The molecule has 72 valence electrons. The van der Waals surface area contributed by atoms with Crippen molar-refractivity contribution >= 4 is 10.0 Å². The van der Waals surface area contributed by atoms with E-state index in [1.807, 2.05) is 6.92 Å². The van der Waals surface area contributed by atoms with Crippen LogP contribution < -0.4 is 4.72 Å². The highest BCUT2D eigenvalue weighted by Crippen LogP contribution is 2.35. The Kier molecular flexibility index (Phi) is 2.75. The average molecular weight is 193 g/mol. The summed E-state index contributed by atoms with van der Waals surface area (Å²) in [7, 11) is -3.15. The van der Waals surface area contributed by atoms with Gasteiger partial charge in [-0.1, -0.05) is 6.92 Å². The van der Waals surface area contributed by atoms with Gasteiger partial charge in [-0.2, -0.15) is 0 Å². The molecule has 0 aromatic carbocycles. The van der Waals surface area contributed by atoms with Gasteiger partial charge in [0, 0.05) is 0 Å². The van der Waals surface area contributed by atoms with Crippen molar-refractivity contribution in [2.24, 2.45) is 0 Å². The normalized spacial score (nSPS) is 20.8. The molecule has 0 aliphatic heterocycles. The zero-order chi connectivity index (χ0) is 9.24. The summed E-state index contributed by atoms with van der Waals surface area (Å²) < 4.78 is 25.0. The van der Waals surface area contributed by atoms with E-state index in [2.05, 4.69) is 4.72 Å². The van der Waals surface area contributed by atoms with Gasteiger partial charge in [0.25, 0.3) is 0 Å². The number of rotatable bonds is 5. The van der Waals surface area contributed by atoms with Crippen molar-refractivity contribution in [1.29, 1.82) is 0 Å². The van der Waals surface area contributed by atoms with Gasteiger partial charge in [-0.05, 0) is 19.3 Å². The van der Waals surface area contributed by atoms with E-state index in [4.69, 9.17) is 5.11 Å². The standard InChI is InChI=1S/C7H15NO3S/c1-2-5-12(10,11)8-7(6-9)3-4-7/h8-9H,2-6H2,1H3. The van der Waals surface area contributed by atoms with Crippen LogP contribution in [0.1, 0.15) is 26.2 Å². The van der Waals surface area contributed by atoms with Crippen LogP contribution in [0.4, 0.5) is 0 Å². The lowest BCUT2D eigenvalue weighted by Crippen LogP contribution is -2.40. The van der Waals surface area contributed by atoms with Gasteiger partial charge in [-0.25, -0.2) is 13.1 Å². The third-order valence-corrected chi connectivity index (χ3v) is 3.69. The van der Waals surface area contributed by atoms with Gasteiger partial charge < -0.3 is 5.11 Å². The fourth-order valence-corrected chi connectivity index (χ4v) is 2.66. The quantitative estimate of drug-likeness (QED) is 0.637. The van der Waals surface area contributed by atoms with Gasteiger partial charge in [0.2, 0.25) is 10.0 Å². The summed E-state index contributed by atoms with van der Waals surface area (Å²) in [5.41, 5.74) is -0.506. The van der Waals surface area contributed by atoms with Gasteiger partial charge >= 0.3 is 0 Å². The molecule has 2 N–H and O–H groups in total. The number of hydrogen-bond donors (Lipinski definition) is 2. The van der Waals surface area contributed by atoms with Gasteiger partial charge in [-0.3, -0.25) is 0 Å². The van der Waals surface area contributed by atoms with E-state index < -0.39 is 15.6 Å². The molecule has 0 aromatic heterocycles. The van der Waals surface area contributed by atoms with Crippen LogP contribution in [-0.2, 0) is 10.0 Å². The number of aliphatic hydroxyl groups excluding tert-OH is 1. The second-order valence-electron chi connectivity index (χ2n) is 3.36.